The van der Waals surface area contributed by atoms with Crippen LogP contribution in [0.25, 0.3) is 0 Å². The summed E-state index contributed by atoms with van der Waals surface area (Å²) in [5, 5.41) is 12.3. The van der Waals surface area contributed by atoms with E-state index in [1.54, 1.807) is 17.2 Å². The first-order valence-electron chi connectivity index (χ1n) is 8.29. The van der Waals surface area contributed by atoms with Crippen LogP contribution < -0.4 is 10.2 Å². The van der Waals surface area contributed by atoms with Crippen molar-refractivity contribution < 1.29 is 14.7 Å². The summed E-state index contributed by atoms with van der Waals surface area (Å²) in [5.74, 6) is -0.710. The Balaban J connectivity index is 1.38. The molecule has 7 nitrogen and oxygen atoms in total. The van der Waals surface area contributed by atoms with Gasteiger partial charge in [-0.1, -0.05) is 0 Å². The second kappa shape index (κ2) is 5.84. The summed E-state index contributed by atoms with van der Waals surface area (Å²) >= 11 is 0. The molecular weight excluding hydrogens is 320 g/mol. The molecule has 2 N–H and O–H groups in total. The minimum Gasteiger partial charge on any atom is -0.505 e. The first kappa shape index (κ1) is 15.6. The highest BCUT2D eigenvalue weighted by atomic mass is 16.3. The van der Waals surface area contributed by atoms with Crippen LogP contribution in [0.2, 0.25) is 0 Å². The molecule has 1 saturated carbocycles. The molecular formula is C18H18N4O3. The molecule has 2 amide bonds. The van der Waals surface area contributed by atoms with Crippen LogP contribution in [-0.4, -0.2) is 40.0 Å². The first-order valence-corrected chi connectivity index (χ1v) is 8.29. The third-order valence-electron chi connectivity index (χ3n) is 4.82. The molecule has 0 aromatic carbocycles. The van der Waals surface area contributed by atoms with Crippen LogP contribution in [0.1, 0.15) is 35.4 Å². The van der Waals surface area contributed by atoms with Gasteiger partial charge < -0.3 is 15.3 Å². The fraction of sp³-hybridized carbons (Fsp3) is 0.333. The topological polar surface area (TPSA) is 95.4 Å². The van der Waals surface area contributed by atoms with E-state index in [2.05, 4.69) is 15.3 Å². The van der Waals surface area contributed by atoms with Gasteiger partial charge in [-0.05, 0) is 37.1 Å². The fourth-order valence-corrected chi connectivity index (χ4v) is 3.33. The second-order valence-electron chi connectivity index (χ2n) is 6.51. The van der Waals surface area contributed by atoms with Crippen LogP contribution in [0, 0.1) is 0 Å². The quantitative estimate of drug-likeness (QED) is 0.878. The fourth-order valence-electron chi connectivity index (χ4n) is 3.33. The number of rotatable bonds is 4. The SMILES string of the molecule is O=C(NCCC(=O)N1CC2(CC2)c2ncccc21)c1ncccc1O. The summed E-state index contributed by atoms with van der Waals surface area (Å²) in [4.78, 5) is 34.7. The third kappa shape index (κ3) is 2.71. The van der Waals surface area contributed by atoms with Gasteiger partial charge in [0.1, 0.15) is 5.75 Å². The maximum atomic E-state index is 12.6. The van der Waals surface area contributed by atoms with Gasteiger partial charge in [-0.25, -0.2) is 4.98 Å². The molecule has 2 aromatic heterocycles. The van der Waals surface area contributed by atoms with Crippen LogP contribution in [0.4, 0.5) is 5.69 Å². The van der Waals surface area contributed by atoms with E-state index in [1.165, 1.54) is 12.3 Å². The van der Waals surface area contributed by atoms with Crippen LogP contribution in [0.5, 0.6) is 5.75 Å². The average molecular weight is 338 g/mol. The van der Waals surface area contributed by atoms with Gasteiger partial charge in [0, 0.05) is 37.3 Å². The van der Waals surface area contributed by atoms with Crippen molar-refractivity contribution >= 4 is 17.5 Å². The highest BCUT2D eigenvalue weighted by Crippen LogP contribution is 2.55. The largest absolute Gasteiger partial charge is 0.505 e. The van der Waals surface area contributed by atoms with Gasteiger partial charge in [0.05, 0.1) is 11.4 Å². The molecule has 0 atom stereocenters. The molecule has 25 heavy (non-hydrogen) atoms. The molecule has 0 saturated heterocycles. The van der Waals surface area contributed by atoms with E-state index < -0.39 is 5.91 Å². The Hall–Kier alpha value is -2.96. The number of nitrogens with one attached hydrogen (secondary N) is 1. The zero-order valence-corrected chi connectivity index (χ0v) is 13.6. The van der Waals surface area contributed by atoms with Gasteiger partial charge in [0.15, 0.2) is 5.69 Å². The lowest BCUT2D eigenvalue weighted by atomic mass is 10.1. The predicted molar refractivity (Wildman–Crippen MR) is 90.4 cm³/mol. The number of carbonyl (C=O) groups is 2. The zero-order chi connectivity index (χ0) is 17.4. The summed E-state index contributed by atoms with van der Waals surface area (Å²) in [6.45, 7) is 0.861. The molecule has 128 valence electrons. The van der Waals surface area contributed by atoms with Crippen LogP contribution in [0.15, 0.2) is 36.7 Å². The highest BCUT2D eigenvalue weighted by molar-refractivity contribution is 5.97. The van der Waals surface area contributed by atoms with E-state index in [4.69, 9.17) is 0 Å². The van der Waals surface area contributed by atoms with Crippen molar-refractivity contribution in [3.8, 4) is 5.75 Å². The monoisotopic (exact) mass is 338 g/mol. The lowest BCUT2D eigenvalue weighted by Crippen LogP contribution is -2.35. The molecule has 0 radical (unpaired) electrons. The first-order chi connectivity index (χ1) is 12.1. The Kier molecular flexibility index (Phi) is 3.63. The molecule has 4 rings (SSSR count). The van der Waals surface area contributed by atoms with E-state index in [-0.39, 0.29) is 35.7 Å². The molecule has 1 spiro atoms. The van der Waals surface area contributed by atoms with Crippen molar-refractivity contribution in [1.29, 1.82) is 0 Å². The molecule has 2 aromatic rings. The minimum absolute atomic E-state index is 0.0384. The van der Waals surface area contributed by atoms with Gasteiger partial charge in [-0.2, -0.15) is 0 Å². The standard InChI is InChI=1S/C18H18N4O3/c23-13-4-2-8-19-15(13)17(25)21-10-5-14(24)22-11-18(6-7-18)16-12(22)3-1-9-20-16/h1-4,8-9,23H,5-7,10-11H2,(H,21,25). The minimum atomic E-state index is -0.493. The summed E-state index contributed by atoms with van der Waals surface area (Å²) in [6.07, 6.45) is 5.52. The number of carbonyl (C=O) groups excluding carboxylic acids is 2. The maximum absolute atomic E-state index is 12.6. The van der Waals surface area contributed by atoms with E-state index in [0.29, 0.717) is 6.54 Å². The molecule has 1 aliphatic carbocycles. The number of aromatic nitrogens is 2. The molecule has 1 fully saturated rings. The van der Waals surface area contributed by atoms with E-state index in [9.17, 15) is 14.7 Å². The van der Waals surface area contributed by atoms with Gasteiger partial charge in [0.2, 0.25) is 5.91 Å². The molecule has 0 bridgehead atoms. The van der Waals surface area contributed by atoms with E-state index in [1.807, 2.05) is 12.1 Å². The molecule has 1 aliphatic heterocycles. The Bertz CT molecular complexity index is 848. The number of hydrogen-bond acceptors (Lipinski definition) is 5. The lowest BCUT2D eigenvalue weighted by molar-refractivity contribution is -0.118. The number of nitrogens with zero attached hydrogens (tertiary/aromatic N) is 3. The Morgan fingerprint density at radius 2 is 1.96 bits per heavy atom. The number of aromatic hydroxyl groups is 1. The van der Waals surface area contributed by atoms with Crippen molar-refractivity contribution in [2.45, 2.75) is 24.7 Å². The number of anilines is 1. The van der Waals surface area contributed by atoms with Crippen LogP contribution in [0.3, 0.4) is 0 Å². The van der Waals surface area contributed by atoms with Crippen molar-refractivity contribution in [2.75, 3.05) is 18.0 Å². The van der Waals surface area contributed by atoms with Gasteiger partial charge in [-0.3, -0.25) is 14.6 Å². The maximum Gasteiger partial charge on any atom is 0.273 e. The molecule has 2 aliphatic rings. The van der Waals surface area contributed by atoms with Crippen molar-refractivity contribution in [3.05, 3.63) is 48.0 Å². The molecule has 7 heteroatoms. The average Bonchev–Trinajstić information content (AvgIpc) is 3.32. The Morgan fingerprint density at radius 3 is 2.72 bits per heavy atom. The smallest absolute Gasteiger partial charge is 0.273 e. The number of fused-ring (bicyclic) bond motifs is 2. The van der Waals surface area contributed by atoms with E-state index >= 15 is 0 Å². The number of hydrogen-bond donors (Lipinski definition) is 2. The summed E-state index contributed by atoms with van der Waals surface area (Å²) in [5.41, 5.74) is 1.92. The Labute approximate surface area is 144 Å². The van der Waals surface area contributed by atoms with Crippen LogP contribution >= 0.6 is 0 Å². The van der Waals surface area contributed by atoms with Gasteiger partial charge in [0.25, 0.3) is 5.91 Å². The Morgan fingerprint density at radius 1 is 1.20 bits per heavy atom. The molecule has 0 unspecified atom stereocenters. The van der Waals surface area contributed by atoms with Gasteiger partial charge in [-0.15, -0.1) is 0 Å². The number of amides is 2. The van der Waals surface area contributed by atoms with Crippen molar-refractivity contribution in [1.82, 2.24) is 15.3 Å². The summed E-state index contributed by atoms with van der Waals surface area (Å²) < 4.78 is 0. The predicted octanol–water partition coefficient (Wildman–Crippen LogP) is 1.38. The van der Waals surface area contributed by atoms with E-state index in [0.717, 1.165) is 24.2 Å². The number of pyridine rings is 2. The highest BCUT2D eigenvalue weighted by Gasteiger charge is 2.54. The molecule has 3 heterocycles. The van der Waals surface area contributed by atoms with Crippen molar-refractivity contribution in [3.63, 3.8) is 0 Å². The summed E-state index contributed by atoms with van der Waals surface area (Å²) in [6, 6.07) is 6.71. The second-order valence-corrected chi connectivity index (χ2v) is 6.51. The van der Waals surface area contributed by atoms with Crippen LogP contribution in [-0.2, 0) is 10.2 Å². The lowest BCUT2D eigenvalue weighted by Gasteiger charge is -2.17. The van der Waals surface area contributed by atoms with Crippen molar-refractivity contribution in [2.24, 2.45) is 0 Å². The van der Waals surface area contributed by atoms with Gasteiger partial charge >= 0.3 is 0 Å². The summed E-state index contributed by atoms with van der Waals surface area (Å²) in [7, 11) is 0. The third-order valence-corrected chi connectivity index (χ3v) is 4.82. The zero-order valence-electron chi connectivity index (χ0n) is 13.6. The normalized spacial score (nSPS) is 16.6.